The van der Waals surface area contributed by atoms with Crippen LogP contribution >= 0.6 is 11.6 Å². The Morgan fingerprint density at radius 3 is 2.52 bits per heavy atom. The summed E-state index contributed by atoms with van der Waals surface area (Å²) >= 11 is 5.78. The molecule has 1 aromatic rings. The monoisotopic (exact) mass is 335 g/mol. The molecule has 0 saturated heterocycles. The van der Waals surface area contributed by atoms with Gasteiger partial charge in [-0.2, -0.15) is 4.72 Å². The summed E-state index contributed by atoms with van der Waals surface area (Å²) in [5.41, 5.74) is 0. The Bertz CT molecular complexity index is 630. The molecule has 1 atom stereocenters. The maximum absolute atomic E-state index is 12.1. The Labute approximate surface area is 126 Å². The molecule has 0 heterocycles. The van der Waals surface area contributed by atoms with Gasteiger partial charge in [0.15, 0.2) is 0 Å². The van der Waals surface area contributed by atoms with E-state index in [2.05, 4.69) is 4.74 Å². The number of esters is 1. The van der Waals surface area contributed by atoms with Gasteiger partial charge in [0.2, 0.25) is 10.0 Å². The quantitative estimate of drug-likeness (QED) is 0.720. The normalized spacial score (nSPS) is 12.7. The average Bonchev–Trinajstić information content (AvgIpc) is 2.42. The zero-order valence-electron chi connectivity index (χ0n) is 11.1. The summed E-state index contributed by atoms with van der Waals surface area (Å²) < 4.78 is 30.6. The number of hydrogen-bond acceptors (Lipinski definition) is 5. The molecular weight excluding hydrogens is 322 g/mol. The number of sulfonamides is 1. The smallest absolute Gasteiger partial charge is 0.321 e. The number of carbonyl (C=O) groups is 2. The van der Waals surface area contributed by atoms with Crippen molar-refractivity contribution in [1.82, 2.24) is 4.72 Å². The summed E-state index contributed by atoms with van der Waals surface area (Å²) in [5.74, 6) is -2.02. The molecule has 21 heavy (non-hydrogen) atoms. The van der Waals surface area contributed by atoms with Crippen LogP contribution in [0.1, 0.15) is 12.8 Å². The van der Waals surface area contributed by atoms with Crippen LogP contribution in [0.4, 0.5) is 0 Å². The molecule has 0 aromatic heterocycles. The predicted molar refractivity (Wildman–Crippen MR) is 74.4 cm³/mol. The number of benzene rings is 1. The molecule has 0 bridgehead atoms. The van der Waals surface area contributed by atoms with Gasteiger partial charge in [-0.15, -0.1) is 0 Å². The second kappa shape index (κ2) is 7.39. The maximum atomic E-state index is 12.1. The molecule has 0 spiro atoms. The lowest BCUT2D eigenvalue weighted by Gasteiger charge is -2.14. The average molecular weight is 336 g/mol. The highest BCUT2D eigenvalue weighted by atomic mass is 35.5. The van der Waals surface area contributed by atoms with Crippen molar-refractivity contribution in [2.24, 2.45) is 0 Å². The van der Waals surface area contributed by atoms with Crippen molar-refractivity contribution in [3.05, 3.63) is 29.3 Å². The van der Waals surface area contributed by atoms with Crippen molar-refractivity contribution in [1.29, 1.82) is 0 Å². The van der Waals surface area contributed by atoms with E-state index >= 15 is 0 Å². The van der Waals surface area contributed by atoms with Crippen molar-refractivity contribution in [2.75, 3.05) is 7.11 Å². The topological polar surface area (TPSA) is 110 Å². The van der Waals surface area contributed by atoms with Crippen LogP contribution in [-0.2, 0) is 24.3 Å². The summed E-state index contributed by atoms with van der Waals surface area (Å²) in [5, 5.41) is 9.00. The molecule has 0 aliphatic heterocycles. The SMILES string of the molecule is COC(=O)CCC(NS(=O)(=O)c1ccccc1Cl)C(=O)O. The number of nitrogens with one attached hydrogen (secondary N) is 1. The number of aliphatic carboxylic acids is 1. The van der Waals surface area contributed by atoms with Crippen LogP contribution in [0.5, 0.6) is 0 Å². The number of carbonyl (C=O) groups excluding carboxylic acids is 1. The Kier molecular flexibility index (Phi) is 6.13. The van der Waals surface area contributed by atoms with Crippen LogP contribution < -0.4 is 4.72 Å². The minimum absolute atomic E-state index is 0.0258. The first-order valence-electron chi connectivity index (χ1n) is 5.84. The van der Waals surface area contributed by atoms with E-state index in [0.717, 1.165) is 7.11 Å². The highest BCUT2D eigenvalue weighted by Gasteiger charge is 2.27. The fourth-order valence-electron chi connectivity index (χ4n) is 1.51. The summed E-state index contributed by atoms with van der Waals surface area (Å²) in [6.07, 6.45) is -0.454. The minimum Gasteiger partial charge on any atom is -0.480 e. The van der Waals surface area contributed by atoms with Gasteiger partial charge >= 0.3 is 11.9 Å². The Morgan fingerprint density at radius 1 is 1.38 bits per heavy atom. The Morgan fingerprint density at radius 2 is 2.00 bits per heavy atom. The van der Waals surface area contributed by atoms with E-state index in [0.29, 0.717) is 0 Å². The molecule has 0 saturated carbocycles. The third-order valence-electron chi connectivity index (χ3n) is 2.59. The second-order valence-corrected chi connectivity index (χ2v) is 6.15. The number of carboxylic acids is 1. The Balaban J connectivity index is 2.90. The number of carboxylic acid groups (broad SMARTS) is 1. The maximum Gasteiger partial charge on any atom is 0.321 e. The van der Waals surface area contributed by atoms with Crippen LogP contribution in [0.25, 0.3) is 0 Å². The van der Waals surface area contributed by atoms with Crippen molar-refractivity contribution in [3.8, 4) is 0 Å². The Hall–Kier alpha value is -1.64. The molecule has 0 fully saturated rings. The molecule has 116 valence electrons. The molecule has 0 amide bonds. The largest absolute Gasteiger partial charge is 0.480 e. The van der Waals surface area contributed by atoms with Crippen LogP contribution in [0.2, 0.25) is 5.02 Å². The summed E-state index contributed by atoms with van der Waals surface area (Å²) in [6, 6.07) is 4.19. The van der Waals surface area contributed by atoms with E-state index in [4.69, 9.17) is 16.7 Å². The van der Waals surface area contributed by atoms with Crippen molar-refractivity contribution in [3.63, 3.8) is 0 Å². The van der Waals surface area contributed by atoms with E-state index in [-0.39, 0.29) is 22.8 Å². The second-order valence-electron chi connectivity index (χ2n) is 4.06. The molecule has 0 aliphatic rings. The summed E-state index contributed by atoms with van der Waals surface area (Å²) in [7, 11) is -2.95. The molecule has 1 rings (SSSR count). The van der Waals surface area contributed by atoms with Gasteiger partial charge in [-0.3, -0.25) is 9.59 Å². The van der Waals surface area contributed by atoms with E-state index in [9.17, 15) is 18.0 Å². The molecule has 7 nitrogen and oxygen atoms in total. The van der Waals surface area contributed by atoms with Crippen molar-refractivity contribution >= 4 is 33.6 Å². The number of methoxy groups -OCH3 is 1. The molecule has 0 aliphatic carbocycles. The highest BCUT2D eigenvalue weighted by Crippen LogP contribution is 2.20. The standard InChI is InChI=1S/C12H14ClNO6S/c1-20-11(15)7-6-9(12(16)17)14-21(18,19)10-5-3-2-4-8(10)13/h2-5,9,14H,6-7H2,1H3,(H,16,17). The first-order chi connectivity index (χ1) is 9.77. The predicted octanol–water partition coefficient (Wildman–Crippen LogP) is 1.02. The number of rotatable bonds is 7. The lowest BCUT2D eigenvalue weighted by Crippen LogP contribution is -2.41. The number of hydrogen-bond donors (Lipinski definition) is 2. The van der Waals surface area contributed by atoms with Gasteiger partial charge in [0, 0.05) is 6.42 Å². The van der Waals surface area contributed by atoms with Gasteiger partial charge in [-0.25, -0.2) is 8.42 Å². The number of halogens is 1. The van der Waals surface area contributed by atoms with Gasteiger partial charge in [0.1, 0.15) is 10.9 Å². The first-order valence-corrected chi connectivity index (χ1v) is 7.70. The molecule has 1 aromatic carbocycles. The van der Waals surface area contributed by atoms with Gasteiger partial charge in [0.05, 0.1) is 12.1 Å². The van der Waals surface area contributed by atoms with Crippen molar-refractivity contribution < 1.29 is 27.9 Å². The lowest BCUT2D eigenvalue weighted by atomic mass is 10.2. The molecule has 2 N–H and O–H groups in total. The lowest BCUT2D eigenvalue weighted by molar-refractivity contribution is -0.142. The van der Waals surface area contributed by atoms with E-state index in [1.807, 2.05) is 4.72 Å². The third-order valence-corrected chi connectivity index (χ3v) is 4.56. The molecule has 1 unspecified atom stereocenters. The van der Waals surface area contributed by atoms with E-state index in [1.54, 1.807) is 6.07 Å². The van der Waals surface area contributed by atoms with Gasteiger partial charge in [-0.05, 0) is 18.6 Å². The summed E-state index contributed by atoms with van der Waals surface area (Å²) in [4.78, 5) is 21.9. The zero-order valence-corrected chi connectivity index (χ0v) is 12.6. The fraction of sp³-hybridized carbons (Fsp3) is 0.333. The minimum atomic E-state index is -4.10. The van der Waals surface area contributed by atoms with E-state index in [1.165, 1.54) is 18.2 Å². The van der Waals surface area contributed by atoms with Crippen molar-refractivity contribution in [2.45, 2.75) is 23.8 Å². The van der Waals surface area contributed by atoms with Crippen LogP contribution in [0, 0.1) is 0 Å². The van der Waals surface area contributed by atoms with Crippen LogP contribution in [0.15, 0.2) is 29.2 Å². The van der Waals surface area contributed by atoms with Crippen LogP contribution in [0.3, 0.4) is 0 Å². The van der Waals surface area contributed by atoms with Gasteiger partial charge in [0.25, 0.3) is 0 Å². The van der Waals surface area contributed by atoms with Crippen LogP contribution in [-0.4, -0.2) is 38.6 Å². The number of ether oxygens (including phenoxy) is 1. The van der Waals surface area contributed by atoms with E-state index < -0.39 is 28.0 Å². The van der Waals surface area contributed by atoms with Gasteiger partial charge < -0.3 is 9.84 Å². The first kappa shape index (κ1) is 17.4. The fourth-order valence-corrected chi connectivity index (χ4v) is 3.25. The zero-order chi connectivity index (χ0) is 16.0. The molecule has 9 heteroatoms. The molecular formula is C12H14ClNO6S. The third kappa shape index (κ3) is 5.00. The highest BCUT2D eigenvalue weighted by molar-refractivity contribution is 7.89. The summed E-state index contributed by atoms with van der Waals surface area (Å²) in [6.45, 7) is 0. The van der Waals surface area contributed by atoms with Gasteiger partial charge in [-0.1, -0.05) is 23.7 Å². The molecule has 0 radical (unpaired) electrons.